The molecular weight excluding hydrogens is 382 g/mol. The van der Waals surface area contributed by atoms with E-state index in [1.54, 1.807) is 0 Å². The standard InChI is InChI=1S/C20H37NO8/c1-6-19(5,10-18(3,4)21-16(26)11(2)23)7-8-28-17-13-15(25)14(24)12(9-22)20(13,27)29-17/h11-15,17,22-25,27H,6-10H2,1-5H3,(H,21,26). The molecule has 9 heteroatoms. The van der Waals surface area contributed by atoms with Crippen molar-refractivity contribution in [1.82, 2.24) is 5.32 Å². The van der Waals surface area contributed by atoms with Gasteiger partial charge in [0.25, 0.3) is 0 Å². The van der Waals surface area contributed by atoms with Gasteiger partial charge in [0.15, 0.2) is 12.1 Å². The molecule has 1 aliphatic heterocycles. The van der Waals surface area contributed by atoms with Crippen LogP contribution in [0.2, 0.25) is 0 Å². The molecular formula is C20H37NO8. The molecule has 1 aliphatic carbocycles. The number of aliphatic hydroxyl groups excluding tert-OH is 4. The highest BCUT2D eigenvalue weighted by molar-refractivity contribution is 5.80. The van der Waals surface area contributed by atoms with Gasteiger partial charge >= 0.3 is 0 Å². The highest BCUT2D eigenvalue weighted by atomic mass is 16.8. The summed E-state index contributed by atoms with van der Waals surface area (Å²) in [5.41, 5.74) is -0.691. The molecule has 8 unspecified atom stereocenters. The van der Waals surface area contributed by atoms with E-state index in [4.69, 9.17) is 9.47 Å². The molecule has 0 aromatic carbocycles. The van der Waals surface area contributed by atoms with E-state index in [-0.39, 0.29) is 5.41 Å². The normalized spacial score (nSPS) is 37.4. The van der Waals surface area contributed by atoms with Crippen LogP contribution in [0.1, 0.15) is 53.9 Å². The fourth-order valence-electron chi connectivity index (χ4n) is 4.63. The van der Waals surface area contributed by atoms with E-state index in [9.17, 15) is 30.3 Å². The van der Waals surface area contributed by atoms with Crippen molar-refractivity contribution < 1.29 is 39.8 Å². The maximum absolute atomic E-state index is 11.8. The first-order valence-electron chi connectivity index (χ1n) is 10.3. The lowest BCUT2D eigenvalue weighted by Crippen LogP contribution is -2.63. The van der Waals surface area contributed by atoms with E-state index in [1.807, 2.05) is 20.8 Å². The van der Waals surface area contributed by atoms with Crippen LogP contribution < -0.4 is 5.32 Å². The molecule has 9 nitrogen and oxygen atoms in total. The highest BCUT2D eigenvalue weighted by Crippen LogP contribution is 2.53. The Morgan fingerprint density at radius 3 is 2.41 bits per heavy atom. The molecule has 1 saturated carbocycles. The van der Waals surface area contributed by atoms with Crippen LogP contribution in [0.15, 0.2) is 0 Å². The van der Waals surface area contributed by atoms with E-state index in [0.717, 1.165) is 6.42 Å². The average molecular weight is 420 g/mol. The Labute approximate surface area is 172 Å². The predicted molar refractivity (Wildman–Crippen MR) is 103 cm³/mol. The lowest BCUT2D eigenvalue weighted by molar-refractivity contribution is -0.439. The number of hydrogen-bond acceptors (Lipinski definition) is 8. The average Bonchev–Trinajstić information content (AvgIpc) is 2.73. The second-order valence-corrected chi connectivity index (χ2v) is 9.55. The van der Waals surface area contributed by atoms with E-state index in [1.165, 1.54) is 6.92 Å². The monoisotopic (exact) mass is 419 g/mol. The Morgan fingerprint density at radius 2 is 1.90 bits per heavy atom. The number of nitrogens with one attached hydrogen (secondary N) is 1. The van der Waals surface area contributed by atoms with Crippen LogP contribution in [0.3, 0.4) is 0 Å². The summed E-state index contributed by atoms with van der Waals surface area (Å²) in [4.78, 5) is 11.8. The molecule has 2 aliphatic rings. The zero-order valence-electron chi connectivity index (χ0n) is 18.0. The lowest BCUT2D eigenvalue weighted by atomic mass is 9.74. The molecule has 8 atom stereocenters. The van der Waals surface area contributed by atoms with E-state index in [0.29, 0.717) is 19.4 Å². The summed E-state index contributed by atoms with van der Waals surface area (Å²) < 4.78 is 11.1. The van der Waals surface area contributed by atoms with Gasteiger partial charge < -0.3 is 40.3 Å². The number of rotatable bonds is 10. The minimum atomic E-state index is -1.78. The van der Waals surface area contributed by atoms with Gasteiger partial charge in [-0.1, -0.05) is 20.3 Å². The van der Waals surface area contributed by atoms with Crippen LogP contribution >= 0.6 is 0 Å². The quantitative estimate of drug-likeness (QED) is 0.277. The first-order valence-corrected chi connectivity index (χ1v) is 10.3. The third-order valence-electron chi connectivity index (χ3n) is 6.48. The minimum Gasteiger partial charge on any atom is -0.396 e. The summed E-state index contributed by atoms with van der Waals surface area (Å²) in [6.07, 6.45) is -2.31. The van der Waals surface area contributed by atoms with Crippen molar-refractivity contribution >= 4 is 5.91 Å². The topological polar surface area (TPSA) is 149 Å². The maximum atomic E-state index is 11.8. The largest absolute Gasteiger partial charge is 0.396 e. The zero-order chi connectivity index (χ0) is 22.2. The van der Waals surface area contributed by atoms with Gasteiger partial charge in [0, 0.05) is 5.54 Å². The summed E-state index contributed by atoms with van der Waals surface area (Å²) in [5.74, 6) is -3.98. The van der Waals surface area contributed by atoms with Gasteiger partial charge in [-0.2, -0.15) is 0 Å². The first-order chi connectivity index (χ1) is 13.3. The molecule has 6 N–H and O–H groups in total. The number of carbonyl (C=O) groups is 1. The van der Waals surface area contributed by atoms with Gasteiger partial charge in [-0.25, -0.2) is 0 Å². The van der Waals surface area contributed by atoms with Crippen LogP contribution in [0.4, 0.5) is 0 Å². The number of amides is 1. The highest BCUT2D eigenvalue weighted by Gasteiger charge is 2.71. The van der Waals surface area contributed by atoms with Crippen LogP contribution in [0.5, 0.6) is 0 Å². The van der Waals surface area contributed by atoms with Gasteiger partial charge in [-0.3, -0.25) is 4.79 Å². The van der Waals surface area contributed by atoms with Crippen molar-refractivity contribution in [2.24, 2.45) is 17.3 Å². The molecule has 0 aromatic heterocycles. The molecule has 2 fully saturated rings. The van der Waals surface area contributed by atoms with Crippen molar-refractivity contribution in [3.8, 4) is 0 Å². The van der Waals surface area contributed by atoms with Crippen LogP contribution in [0, 0.1) is 17.3 Å². The van der Waals surface area contributed by atoms with E-state index >= 15 is 0 Å². The van der Waals surface area contributed by atoms with Gasteiger partial charge in [0.05, 0.1) is 37.3 Å². The SMILES string of the molecule is CCC(C)(CCOC1OC2(O)C(CO)C(O)C(O)C12)CC(C)(C)NC(=O)C(C)O. The number of carbonyl (C=O) groups excluding carboxylic acids is 1. The zero-order valence-corrected chi connectivity index (χ0v) is 18.0. The number of fused-ring (bicyclic) bond motifs is 1. The molecule has 1 saturated heterocycles. The van der Waals surface area contributed by atoms with Crippen LogP contribution in [0.25, 0.3) is 0 Å². The Kier molecular flexibility index (Phi) is 7.37. The van der Waals surface area contributed by atoms with E-state index < -0.39 is 60.3 Å². The summed E-state index contributed by atoms with van der Waals surface area (Å²) in [7, 11) is 0. The fraction of sp³-hybridized carbons (Fsp3) is 0.950. The van der Waals surface area contributed by atoms with Crippen molar-refractivity contribution in [1.29, 1.82) is 0 Å². The minimum absolute atomic E-state index is 0.170. The number of ether oxygens (including phenoxy) is 2. The van der Waals surface area contributed by atoms with Gasteiger partial charge in [-0.05, 0) is 39.0 Å². The second-order valence-electron chi connectivity index (χ2n) is 9.55. The Balaban J connectivity index is 1.89. The fourth-order valence-corrected chi connectivity index (χ4v) is 4.63. The Morgan fingerprint density at radius 1 is 1.28 bits per heavy atom. The van der Waals surface area contributed by atoms with Gasteiger partial charge in [0.2, 0.25) is 5.91 Å². The van der Waals surface area contributed by atoms with Crippen molar-refractivity contribution in [2.45, 2.75) is 89.8 Å². The van der Waals surface area contributed by atoms with Crippen LogP contribution in [-0.4, -0.2) is 80.6 Å². The lowest BCUT2D eigenvalue weighted by Gasteiger charge is -2.49. The van der Waals surface area contributed by atoms with Crippen LogP contribution in [-0.2, 0) is 14.3 Å². The smallest absolute Gasteiger partial charge is 0.248 e. The molecule has 0 aromatic rings. The third-order valence-corrected chi connectivity index (χ3v) is 6.48. The predicted octanol–water partition coefficient (Wildman–Crippen LogP) is -0.520. The molecule has 170 valence electrons. The third kappa shape index (κ3) is 4.92. The first kappa shape index (κ1) is 24.5. The van der Waals surface area contributed by atoms with E-state index in [2.05, 4.69) is 12.2 Å². The molecule has 29 heavy (non-hydrogen) atoms. The molecule has 1 amide bonds. The number of aliphatic hydroxyl groups is 5. The number of hydrogen-bond donors (Lipinski definition) is 6. The molecule has 0 spiro atoms. The molecule has 2 rings (SSSR count). The summed E-state index contributed by atoms with van der Waals surface area (Å²) in [6.45, 7) is 9.17. The van der Waals surface area contributed by atoms with Crippen molar-refractivity contribution in [3.63, 3.8) is 0 Å². The van der Waals surface area contributed by atoms with Crippen molar-refractivity contribution in [3.05, 3.63) is 0 Å². The van der Waals surface area contributed by atoms with Crippen molar-refractivity contribution in [2.75, 3.05) is 13.2 Å². The maximum Gasteiger partial charge on any atom is 0.248 e. The van der Waals surface area contributed by atoms with Gasteiger partial charge in [-0.15, -0.1) is 0 Å². The second kappa shape index (κ2) is 8.74. The molecule has 0 radical (unpaired) electrons. The summed E-state index contributed by atoms with van der Waals surface area (Å²) in [6, 6.07) is 0. The Bertz CT molecular complexity index is 585. The summed E-state index contributed by atoms with van der Waals surface area (Å²) in [5, 5.41) is 52.3. The summed E-state index contributed by atoms with van der Waals surface area (Å²) >= 11 is 0. The molecule has 1 heterocycles. The Hall–Kier alpha value is -0.810. The van der Waals surface area contributed by atoms with Gasteiger partial charge in [0.1, 0.15) is 6.10 Å². The molecule has 0 bridgehead atoms.